The van der Waals surface area contributed by atoms with Crippen LogP contribution in [0.1, 0.15) is 49.1 Å². The smallest absolute Gasteiger partial charge is 0.252 e. The molecule has 82 valence electrons. The van der Waals surface area contributed by atoms with Crippen LogP contribution in [0, 0.1) is 0 Å². The van der Waals surface area contributed by atoms with Crippen molar-refractivity contribution in [3.8, 4) is 0 Å². The van der Waals surface area contributed by atoms with Crippen molar-refractivity contribution in [3.63, 3.8) is 0 Å². The maximum Gasteiger partial charge on any atom is 0.252 e. The second-order valence-electron chi connectivity index (χ2n) is 4.33. The molecule has 3 nitrogen and oxygen atoms in total. The summed E-state index contributed by atoms with van der Waals surface area (Å²) < 4.78 is 0. The third-order valence-corrected chi connectivity index (χ3v) is 3.30. The molecule has 0 aliphatic heterocycles. The van der Waals surface area contributed by atoms with E-state index in [4.69, 9.17) is 5.73 Å². The van der Waals surface area contributed by atoms with Gasteiger partial charge in [-0.25, -0.2) is 0 Å². The minimum absolute atomic E-state index is 0.0444. The molecule has 1 saturated carbocycles. The van der Waals surface area contributed by atoms with Crippen LogP contribution in [0.25, 0.3) is 0 Å². The van der Waals surface area contributed by atoms with Crippen LogP contribution in [-0.4, -0.2) is 4.98 Å². The van der Waals surface area contributed by atoms with Crippen molar-refractivity contribution in [1.82, 2.24) is 4.98 Å². The summed E-state index contributed by atoms with van der Waals surface area (Å²) in [5, 5.41) is 0. The van der Waals surface area contributed by atoms with Crippen molar-refractivity contribution in [2.24, 2.45) is 5.73 Å². The molecule has 0 spiro atoms. The van der Waals surface area contributed by atoms with E-state index < -0.39 is 0 Å². The van der Waals surface area contributed by atoms with Gasteiger partial charge in [0.25, 0.3) is 5.56 Å². The summed E-state index contributed by atoms with van der Waals surface area (Å²) >= 11 is 0. The van der Waals surface area contributed by atoms with Crippen molar-refractivity contribution in [1.29, 1.82) is 0 Å². The maximum absolute atomic E-state index is 11.3. The van der Waals surface area contributed by atoms with Crippen LogP contribution in [0.15, 0.2) is 17.1 Å². The van der Waals surface area contributed by atoms with E-state index in [0.717, 1.165) is 0 Å². The Morgan fingerprint density at radius 2 is 2.07 bits per heavy atom. The van der Waals surface area contributed by atoms with E-state index in [2.05, 4.69) is 4.98 Å². The topological polar surface area (TPSA) is 58.9 Å². The Bertz CT molecular complexity index is 377. The van der Waals surface area contributed by atoms with Crippen LogP contribution >= 0.6 is 0 Å². The molecular weight excluding hydrogens is 188 g/mol. The van der Waals surface area contributed by atoms with Crippen LogP contribution in [0.3, 0.4) is 0 Å². The van der Waals surface area contributed by atoms with Crippen LogP contribution in [0.5, 0.6) is 0 Å². The lowest BCUT2D eigenvalue weighted by molar-refractivity contribution is 0.442. The highest BCUT2D eigenvalue weighted by Crippen LogP contribution is 2.31. The largest absolute Gasteiger partial charge is 0.329 e. The molecular formula is C12H18N2O. The SMILES string of the molecule is NCc1cc(C2CCCCC2)c[nH]c1=O. The number of pyridine rings is 1. The molecule has 1 fully saturated rings. The van der Waals surface area contributed by atoms with Crippen LogP contribution in [0.2, 0.25) is 0 Å². The van der Waals surface area contributed by atoms with Gasteiger partial charge in [-0.1, -0.05) is 19.3 Å². The average Bonchev–Trinajstić information content (AvgIpc) is 2.31. The molecule has 1 aromatic rings. The Kier molecular flexibility index (Phi) is 3.21. The average molecular weight is 206 g/mol. The number of H-pyrrole nitrogens is 1. The fourth-order valence-electron chi connectivity index (χ4n) is 2.37. The molecule has 0 radical (unpaired) electrons. The molecule has 0 aromatic carbocycles. The third-order valence-electron chi connectivity index (χ3n) is 3.30. The molecule has 0 bridgehead atoms. The number of aromatic amines is 1. The fourth-order valence-corrected chi connectivity index (χ4v) is 2.37. The highest BCUT2D eigenvalue weighted by Gasteiger charge is 2.16. The third kappa shape index (κ3) is 2.29. The zero-order valence-corrected chi connectivity index (χ0v) is 8.96. The highest BCUT2D eigenvalue weighted by atomic mass is 16.1. The zero-order valence-electron chi connectivity index (χ0n) is 8.96. The van der Waals surface area contributed by atoms with E-state index in [1.54, 1.807) is 0 Å². The Hall–Kier alpha value is -1.09. The highest BCUT2D eigenvalue weighted by molar-refractivity contribution is 5.22. The first kappa shape index (κ1) is 10.4. The second-order valence-corrected chi connectivity index (χ2v) is 4.33. The molecule has 3 N–H and O–H groups in total. The number of rotatable bonds is 2. The van der Waals surface area contributed by atoms with Crippen molar-refractivity contribution in [2.75, 3.05) is 0 Å². The van der Waals surface area contributed by atoms with Gasteiger partial charge in [0, 0.05) is 18.3 Å². The molecule has 1 aromatic heterocycles. The van der Waals surface area contributed by atoms with E-state index in [1.807, 2.05) is 12.3 Å². The van der Waals surface area contributed by atoms with E-state index in [-0.39, 0.29) is 5.56 Å². The van der Waals surface area contributed by atoms with Gasteiger partial charge in [0.05, 0.1) is 0 Å². The summed E-state index contributed by atoms with van der Waals surface area (Å²) in [6.45, 7) is 0.329. The molecule has 0 atom stereocenters. The number of hydrogen-bond acceptors (Lipinski definition) is 2. The predicted molar refractivity (Wildman–Crippen MR) is 60.8 cm³/mol. The van der Waals surface area contributed by atoms with Gasteiger partial charge < -0.3 is 10.7 Å². The molecule has 15 heavy (non-hydrogen) atoms. The second kappa shape index (κ2) is 4.62. The lowest BCUT2D eigenvalue weighted by Crippen LogP contribution is -2.17. The lowest BCUT2D eigenvalue weighted by atomic mass is 9.84. The van der Waals surface area contributed by atoms with E-state index >= 15 is 0 Å². The molecule has 0 unspecified atom stereocenters. The number of nitrogens with one attached hydrogen (secondary N) is 1. The summed E-state index contributed by atoms with van der Waals surface area (Å²) in [4.78, 5) is 14.1. The molecule has 3 heteroatoms. The number of aromatic nitrogens is 1. The summed E-state index contributed by atoms with van der Waals surface area (Å²) in [6.07, 6.45) is 8.32. The maximum atomic E-state index is 11.3. The Morgan fingerprint density at radius 1 is 1.33 bits per heavy atom. The van der Waals surface area contributed by atoms with Crippen LogP contribution in [-0.2, 0) is 6.54 Å². The van der Waals surface area contributed by atoms with Gasteiger partial charge in [-0.05, 0) is 30.4 Å². The molecule has 1 aliphatic rings. The van der Waals surface area contributed by atoms with Crippen molar-refractivity contribution >= 4 is 0 Å². The number of nitrogens with two attached hydrogens (primary N) is 1. The fraction of sp³-hybridized carbons (Fsp3) is 0.583. The normalized spacial score (nSPS) is 17.9. The zero-order chi connectivity index (χ0) is 10.7. The Labute approximate surface area is 89.7 Å². The molecule has 1 heterocycles. The first-order chi connectivity index (χ1) is 7.31. The van der Waals surface area contributed by atoms with Gasteiger partial charge in [-0.15, -0.1) is 0 Å². The minimum Gasteiger partial charge on any atom is -0.329 e. The van der Waals surface area contributed by atoms with Crippen molar-refractivity contribution in [2.45, 2.75) is 44.6 Å². The molecule has 0 saturated heterocycles. The van der Waals surface area contributed by atoms with Gasteiger partial charge >= 0.3 is 0 Å². The Balaban J connectivity index is 2.23. The van der Waals surface area contributed by atoms with Gasteiger partial charge in [0.2, 0.25) is 0 Å². The minimum atomic E-state index is -0.0444. The summed E-state index contributed by atoms with van der Waals surface area (Å²) in [6, 6.07) is 1.98. The van der Waals surface area contributed by atoms with E-state index in [1.165, 1.54) is 37.7 Å². The van der Waals surface area contributed by atoms with Crippen LogP contribution in [0.4, 0.5) is 0 Å². The van der Waals surface area contributed by atoms with E-state index in [9.17, 15) is 4.79 Å². The van der Waals surface area contributed by atoms with Gasteiger partial charge in [0.15, 0.2) is 0 Å². The summed E-state index contributed by atoms with van der Waals surface area (Å²) in [5.41, 5.74) is 7.45. The quantitative estimate of drug-likeness (QED) is 0.776. The number of hydrogen-bond donors (Lipinski definition) is 2. The molecule has 1 aliphatic carbocycles. The lowest BCUT2D eigenvalue weighted by Gasteiger charge is -2.21. The van der Waals surface area contributed by atoms with Crippen molar-refractivity contribution in [3.05, 3.63) is 33.7 Å². The molecule has 0 amide bonds. The van der Waals surface area contributed by atoms with Gasteiger partial charge in [-0.2, -0.15) is 0 Å². The first-order valence-corrected chi connectivity index (χ1v) is 5.73. The first-order valence-electron chi connectivity index (χ1n) is 5.73. The van der Waals surface area contributed by atoms with Crippen LogP contribution < -0.4 is 11.3 Å². The standard InChI is InChI=1S/C12H18N2O/c13-7-10-6-11(8-14-12(10)15)9-4-2-1-3-5-9/h6,8-9H,1-5,7,13H2,(H,14,15). The monoisotopic (exact) mass is 206 g/mol. The summed E-state index contributed by atoms with van der Waals surface area (Å²) in [5.74, 6) is 0.626. The van der Waals surface area contributed by atoms with E-state index in [0.29, 0.717) is 18.0 Å². The van der Waals surface area contributed by atoms with Crippen molar-refractivity contribution < 1.29 is 0 Å². The molecule has 2 rings (SSSR count). The predicted octanol–water partition coefficient (Wildman–Crippen LogP) is 1.88. The summed E-state index contributed by atoms with van der Waals surface area (Å²) in [7, 11) is 0. The van der Waals surface area contributed by atoms with Gasteiger partial charge in [0.1, 0.15) is 0 Å². The Morgan fingerprint density at radius 3 is 2.73 bits per heavy atom. The van der Waals surface area contributed by atoms with Gasteiger partial charge in [-0.3, -0.25) is 4.79 Å².